The van der Waals surface area contributed by atoms with E-state index in [0.717, 1.165) is 6.42 Å². The lowest BCUT2D eigenvalue weighted by molar-refractivity contribution is -0.116. The number of carbonyl (C=O) groups is 1. The van der Waals surface area contributed by atoms with Crippen molar-refractivity contribution in [2.24, 2.45) is 5.92 Å². The van der Waals surface area contributed by atoms with Crippen LogP contribution in [0.5, 0.6) is 5.75 Å². The first-order chi connectivity index (χ1) is 8.02. The Kier molecular flexibility index (Phi) is 4.82. The maximum absolute atomic E-state index is 11.6. The van der Waals surface area contributed by atoms with E-state index in [2.05, 4.69) is 19.2 Å². The Morgan fingerprint density at radius 3 is 2.71 bits per heavy atom. The maximum atomic E-state index is 11.6. The fraction of sp³-hybridized carbons (Fsp3) is 0.462. The first kappa shape index (κ1) is 13.4. The molecule has 94 valence electrons. The molecule has 0 atom stereocenters. The molecule has 0 radical (unpaired) electrons. The van der Waals surface area contributed by atoms with E-state index in [4.69, 9.17) is 10.5 Å². The number of amides is 1. The van der Waals surface area contributed by atoms with Crippen LogP contribution >= 0.6 is 0 Å². The van der Waals surface area contributed by atoms with Crippen molar-refractivity contribution in [2.45, 2.75) is 26.7 Å². The van der Waals surface area contributed by atoms with Gasteiger partial charge in [-0.3, -0.25) is 4.79 Å². The van der Waals surface area contributed by atoms with Crippen molar-refractivity contribution >= 4 is 17.3 Å². The summed E-state index contributed by atoms with van der Waals surface area (Å²) in [5.74, 6) is 1.20. The van der Waals surface area contributed by atoms with Crippen molar-refractivity contribution in [3.8, 4) is 5.75 Å². The monoisotopic (exact) mass is 236 g/mol. The molecule has 1 aromatic rings. The summed E-state index contributed by atoms with van der Waals surface area (Å²) in [5.41, 5.74) is 6.96. The average Bonchev–Trinajstić information content (AvgIpc) is 2.29. The van der Waals surface area contributed by atoms with Crippen LogP contribution in [0, 0.1) is 5.92 Å². The number of carbonyl (C=O) groups excluding carboxylic acids is 1. The Morgan fingerprint density at radius 2 is 2.18 bits per heavy atom. The molecule has 0 saturated heterocycles. The number of nitrogens with one attached hydrogen (secondary N) is 1. The van der Waals surface area contributed by atoms with Crippen LogP contribution in [0.4, 0.5) is 11.4 Å². The van der Waals surface area contributed by atoms with Gasteiger partial charge in [-0.15, -0.1) is 0 Å². The molecule has 0 bridgehead atoms. The number of hydrogen-bond acceptors (Lipinski definition) is 3. The normalized spacial score (nSPS) is 10.4. The molecular formula is C13H20N2O2. The average molecular weight is 236 g/mol. The van der Waals surface area contributed by atoms with E-state index in [0.29, 0.717) is 29.5 Å². The van der Waals surface area contributed by atoms with Crippen LogP contribution in [0.3, 0.4) is 0 Å². The summed E-state index contributed by atoms with van der Waals surface area (Å²) in [7, 11) is 1.58. The molecule has 1 rings (SSSR count). The Labute approximate surface area is 102 Å². The maximum Gasteiger partial charge on any atom is 0.224 e. The van der Waals surface area contributed by atoms with Gasteiger partial charge in [0.2, 0.25) is 5.91 Å². The molecule has 0 fully saturated rings. The molecular weight excluding hydrogens is 216 g/mol. The number of nitrogen functional groups attached to an aromatic ring is 1. The topological polar surface area (TPSA) is 64.3 Å². The zero-order chi connectivity index (χ0) is 12.8. The number of anilines is 2. The quantitative estimate of drug-likeness (QED) is 0.772. The van der Waals surface area contributed by atoms with Crippen molar-refractivity contribution < 1.29 is 9.53 Å². The van der Waals surface area contributed by atoms with Gasteiger partial charge >= 0.3 is 0 Å². The smallest absolute Gasteiger partial charge is 0.224 e. The molecule has 17 heavy (non-hydrogen) atoms. The van der Waals surface area contributed by atoms with Crippen LogP contribution in [0.2, 0.25) is 0 Å². The largest absolute Gasteiger partial charge is 0.497 e. The minimum atomic E-state index is -0.00410. The number of ether oxygens (including phenoxy) is 1. The molecule has 1 aromatic carbocycles. The van der Waals surface area contributed by atoms with Gasteiger partial charge in [-0.25, -0.2) is 0 Å². The lowest BCUT2D eigenvalue weighted by Gasteiger charge is -2.10. The number of benzene rings is 1. The van der Waals surface area contributed by atoms with Crippen LogP contribution < -0.4 is 15.8 Å². The predicted molar refractivity (Wildman–Crippen MR) is 70.1 cm³/mol. The minimum Gasteiger partial charge on any atom is -0.497 e. The van der Waals surface area contributed by atoms with Gasteiger partial charge in [-0.2, -0.15) is 0 Å². The van der Waals surface area contributed by atoms with Crippen LogP contribution in [-0.4, -0.2) is 13.0 Å². The molecule has 0 aliphatic carbocycles. The van der Waals surface area contributed by atoms with Gasteiger partial charge in [0.15, 0.2) is 0 Å². The highest BCUT2D eigenvalue weighted by atomic mass is 16.5. The van der Waals surface area contributed by atoms with E-state index in [1.807, 2.05) is 0 Å². The zero-order valence-electron chi connectivity index (χ0n) is 10.6. The van der Waals surface area contributed by atoms with Crippen molar-refractivity contribution in [2.75, 3.05) is 18.2 Å². The summed E-state index contributed by atoms with van der Waals surface area (Å²) in [6.45, 7) is 4.18. The van der Waals surface area contributed by atoms with Gasteiger partial charge in [-0.1, -0.05) is 13.8 Å². The molecule has 1 amide bonds. The third-order valence-electron chi connectivity index (χ3n) is 2.48. The van der Waals surface area contributed by atoms with Gasteiger partial charge in [-0.05, 0) is 24.5 Å². The Bertz CT molecular complexity index is 389. The Morgan fingerprint density at radius 1 is 1.47 bits per heavy atom. The first-order valence-corrected chi connectivity index (χ1v) is 5.76. The molecule has 4 heteroatoms. The summed E-state index contributed by atoms with van der Waals surface area (Å²) in [4.78, 5) is 11.6. The second-order valence-electron chi connectivity index (χ2n) is 4.43. The summed E-state index contributed by atoms with van der Waals surface area (Å²) in [6, 6.07) is 5.22. The molecule has 0 aliphatic rings. The zero-order valence-corrected chi connectivity index (χ0v) is 10.6. The number of nitrogens with two attached hydrogens (primary N) is 1. The van der Waals surface area contributed by atoms with E-state index in [-0.39, 0.29) is 5.91 Å². The number of rotatable bonds is 5. The van der Waals surface area contributed by atoms with Crippen LogP contribution in [0.25, 0.3) is 0 Å². The Balaban J connectivity index is 2.59. The lowest BCUT2D eigenvalue weighted by Crippen LogP contribution is -2.13. The van der Waals surface area contributed by atoms with Crippen LogP contribution in [0.15, 0.2) is 18.2 Å². The lowest BCUT2D eigenvalue weighted by atomic mass is 10.1. The highest BCUT2D eigenvalue weighted by Gasteiger charge is 2.07. The second-order valence-corrected chi connectivity index (χ2v) is 4.43. The third-order valence-corrected chi connectivity index (χ3v) is 2.48. The second kappa shape index (κ2) is 6.13. The number of methoxy groups -OCH3 is 1. The van der Waals surface area contributed by atoms with E-state index in [9.17, 15) is 4.79 Å². The Hall–Kier alpha value is -1.71. The van der Waals surface area contributed by atoms with E-state index in [1.165, 1.54) is 0 Å². The van der Waals surface area contributed by atoms with Gasteiger partial charge in [0.05, 0.1) is 18.5 Å². The van der Waals surface area contributed by atoms with E-state index < -0.39 is 0 Å². The van der Waals surface area contributed by atoms with Crippen molar-refractivity contribution in [1.82, 2.24) is 0 Å². The summed E-state index contributed by atoms with van der Waals surface area (Å²) in [5, 5.41) is 2.80. The molecule has 0 aromatic heterocycles. The standard InChI is InChI=1S/C13H20N2O2/c1-9(2)4-7-13(16)15-12-6-5-10(17-3)8-11(12)14/h5-6,8-9H,4,7,14H2,1-3H3,(H,15,16). The van der Waals surface area contributed by atoms with Crippen LogP contribution in [-0.2, 0) is 4.79 Å². The highest BCUT2D eigenvalue weighted by molar-refractivity contribution is 5.93. The molecule has 0 unspecified atom stereocenters. The van der Waals surface area contributed by atoms with Crippen molar-refractivity contribution in [3.63, 3.8) is 0 Å². The molecule has 4 nitrogen and oxygen atoms in total. The molecule has 0 spiro atoms. The fourth-order valence-corrected chi connectivity index (χ4v) is 1.41. The predicted octanol–water partition coefficient (Wildman–Crippen LogP) is 2.65. The highest BCUT2D eigenvalue weighted by Crippen LogP contribution is 2.24. The first-order valence-electron chi connectivity index (χ1n) is 5.76. The number of hydrogen-bond donors (Lipinski definition) is 2. The molecule has 3 N–H and O–H groups in total. The molecule has 0 heterocycles. The van der Waals surface area contributed by atoms with Gasteiger partial charge in [0.25, 0.3) is 0 Å². The summed E-state index contributed by atoms with van der Waals surface area (Å²) >= 11 is 0. The summed E-state index contributed by atoms with van der Waals surface area (Å²) in [6.07, 6.45) is 1.39. The van der Waals surface area contributed by atoms with Crippen molar-refractivity contribution in [3.05, 3.63) is 18.2 Å². The third kappa shape index (κ3) is 4.34. The van der Waals surface area contributed by atoms with Crippen molar-refractivity contribution in [1.29, 1.82) is 0 Å². The minimum absolute atomic E-state index is 0.00410. The van der Waals surface area contributed by atoms with Crippen LogP contribution in [0.1, 0.15) is 26.7 Å². The van der Waals surface area contributed by atoms with Gasteiger partial charge in [0, 0.05) is 12.5 Å². The summed E-state index contributed by atoms with van der Waals surface area (Å²) < 4.78 is 5.04. The molecule has 0 saturated carbocycles. The SMILES string of the molecule is COc1ccc(NC(=O)CCC(C)C)c(N)c1. The van der Waals surface area contributed by atoms with Gasteiger partial charge < -0.3 is 15.8 Å². The molecule has 0 aliphatic heterocycles. The van der Waals surface area contributed by atoms with E-state index in [1.54, 1.807) is 25.3 Å². The fourth-order valence-electron chi connectivity index (χ4n) is 1.41. The van der Waals surface area contributed by atoms with Gasteiger partial charge in [0.1, 0.15) is 5.75 Å². The van der Waals surface area contributed by atoms with E-state index >= 15 is 0 Å².